The molecule has 1 fully saturated rings. The molecule has 0 radical (unpaired) electrons. The third-order valence-corrected chi connectivity index (χ3v) is 6.30. The van der Waals surface area contributed by atoms with Gasteiger partial charge in [0.15, 0.2) is 0 Å². The predicted molar refractivity (Wildman–Crippen MR) is 105 cm³/mol. The van der Waals surface area contributed by atoms with E-state index in [1.54, 1.807) is 48.5 Å². The van der Waals surface area contributed by atoms with Gasteiger partial charge in [0.05, 0.1) is 16.1 Å². The Bertz CT molecular complexity index is 922. The summed E-state index contributed by atoms with van der Waals surface area (Å²) in [6.45, 7) is 11.5. The maximum absolute atomic E-state index is 13.3. The summed E-state index contributed by atoms with van der Waals surface area (Å²) in [5.41, 5.74) is -8.72. The zero-order chi connectivity index (χ0) is 23.3. The largest absolute Gasteiger partial charge is 0.501 e. The monoisotopic (exact) mass is 451 g/mol. The van der Waals surface area contributed by atoms with E-state index in [9.17, 15) is 26.4 Å². The third kappa shape index (κ3) is 4.92. The highest BCUT2D eigenvalue weighted by atomic mass is 32.2. The van der Waals surface area contributed by atoms with E-state index in [0.29, 0.717) is 6.07 Å². The second-order valence-corrected chi connectivity index (χ2v) is 10.8. The van der Waals surface area contributed by atoms with Crippen LogP contribution in [0, 0.1) is 0 Å². The molecule has 0 spiro atoms. The van der Waals surface area contributed by atoms with Gasteiger partial charge in [0, 0.05) is 11.2 Å². The Morgan fingerprint density at radius 2 is 1.57 bits per heavy atom. The molecule has 0 bridgehead atoms. The molecule has 1 aliphatic rings. The van der Waals surface area contributed by atoms with Gasteiger partial charge >= 0.3 is 18.7 Å². The normalized spacial score (nSPS) is 18.9. The first kappa shape index (κ1) is 24.5. The smallest absolute Gasteiger partial charge is 0.444 e. The molecular formula is C18H25BF3NO6S. The minimum atomic E-state index is -5.76. The zero-order valence-electron chi connectivity index (χ0n) is 17.8. The Hall–Kier alpha value is -1.79. The van der Waals surface area contributed by atoms with Gasteiger partial charge in [-0.1, -0.05) is 6.07 Å². The lowest BCUT2D eigenvalue weighted by molar-refractivity contribution is -0.0435. The summed E-state index contributed by atoms with van der Waals surface area (Å²) >= 11 is 0. The number of carbonyl (C=O) groups is 1. The molecule has 0 unspecified atom stereocenters. The van der Waals surface area contributed by atoms with E-state index >= 15 is 0 Å². The molecule has 12 heteroatoms. The standard InChI is InChI=1S/C18H25BF3NO6S/c1-15(2,3)27-14(24)23-11-8-9-12(13(10-11)30(25,26)18(20,21)22)19-28-16(4,5)17(6,7)29-19/h8-10H,1-7H3,(H,23,24). The van der Waals surface area contributed by atoms with Crippen LogP contribution in [-0.2, 0) is 23.9 Å². The minimum absolute atomic E-state index is 0.188. The molecule has 1 aromatic carbocycles. The molecular weight excluding hydrogens is 426 g/mol. The fourth-order valence-corrected chi connectivity index (χ4v) is 3.56. The number of hydrogen-bond donors (Lipinski definition) is 1. The molecule has 1 heterocycles. The van der Waals surface area contributed by atoms with Gasteiger partial charge in [-0.3, -0.25) is 5.32 Å². The molecule has 0 saturated carbocycles. The van der Waals surface area contributed by atoms with E-state index < -0.39 is 50.3 Å². The van der Waals surface area contributed by atoms with Crippen LogP contribution in [0.4, 0.5) is 23.7 Å². The number of hydrogen-bond acceptors (Lipinski definition) is 6. The Labute approximate surface area is 174 Å². The summed E-state index contributed by atoms with van der Waals surface area (Å²) < 4.78 is 80.9. The number of nitrogens with one attached hydrogen (secondary N) is 1. The number of rotatable bonds is 3. The van der Waals surface area contributed by atoms with Crippen LogP contribution in [0.2, 0.25) is 0 Å². The Morgan fingerprint density at radius 1 is 1.07 bits per heavy atom. The van der Waals surface area contributed by atoms with Crippen LogP contribution in [0.3, 0.4) is 0 Å². The van der Waals surface area contributed by atoms with Crippen molar-refractivity contribution in [1.82, 2.24) is 0 Å². The maximum atomic E-state index is 13.3. The quantitative estimate of drug-likeness (QED) is 0.706. The topological polar surface area (TPSA) is 90.9 Å². The molecule has 1 aliphatic heterocycles. The summed E-state index contributed by atoms with van der Waals surface area (Å²) in [6.07, 6.45) is -0.943. The van der Waals surface area contributed by atoms with E-state index in [1.165, 1.54) is 6.07 Å². The fraction of sp³-hybridized carbons (Fsp3) is 0.611. The average molecular weight is 451 g/mol. The predicted octanol–water partition coefficient (Wildman–Crippen LogP) is 3.63. The van der Waals surface area contributed by atoms with E-state index in [0.717, 1.165) is 6.07 Å². The van der Waals surface area contributed by atoms with Gasteiger partial charge in [-0.25, -0.2) is 13.2 Å². The van der Waals surface area contributed by atoms with Gasteiger partial charge in [0.25, 0.3) is 9.84 Å². The number of benzene rings is 1. The lowest BCUT2D eigenvalue weighted by Crippen LogP contribution is -2.41. The first-order chi connectivity index (χ1) is 13.3. The first-order valence-corrected chi connectivity index (χ1v) is 10.6. The highest BCUT2D eigenvalue weighted by Crippen LogP contribution is 2.38. The number of carbonyl (C=O) groups excluding carboxylic acids is 1. The lowest BCUT2D eigenvalue weighted by Gasteiger charge is -2.32. The minimum Gasteiger partial charge on any atom is -0.444 e. The number of halogens is 3. The third-order valence-electron chi connectivity index (χ3n) is 4.76. The van der Waals surface area contributed by atoms with Crippen molar-refractivity contribution in [2.75, 3.05) is 5.32 Å². The molecule has 1 aromatic rings. The highest BCUT2D eigenvalue weighted by Gasteiger charge is 2.55. The number of anilines is 1. The second kappa shape index (κ2) is 7.42. The van der Waals surface area contributed by atoms with E-state index in [-0.39, 0.29) is 11.2 Å². The van der Waals surface area contributed by atoms with Crippen molar-refractivity contribution >= 4 is 34.2 Å². The molecule has 7 nitrogen and oxygen atoms in total. The van der Waals surface area contributed by atoms with Crippen LogP contribution in [-0.4, -0.2) is 43.9 Å². The van der Waals surface area contributed by atoms with Crippen molar-refractivity contribution in [3.63, 3.8) is 0 Å². The van der Waals surface area contributed by atoms with Crippen molar-refractivity contribution in [2.45, 2.75) is 75.7 Å². The van der Waals surface area contributed by atoms with Crippen molar-refractivity contribution in [3.05, 3.63) is 18.2 Å². The molecule has 0 atom stereocenters. The Kier molecular flexibility index (Phi) is 6.05. The van der Waals surface area contributed by atoms with E-state index in [2.05, 4.69) is 5.32 Å². The molecule has 1 amide bonds. The SMILES string of the molecule is CC(C)(C)OC(=O)Nc1ccc(B2OC(C)(C)C(C)(C)O2)c(S(=O)(=O)C(F)(F)F)c1. The Morgan fingerprint density at radius 3 is 2.00 bits per heavy atom. The maximum Gasteiger partial charge on any atom is 0.501 e. The second-order valence-electron chi connectivity index (χ2n) is 8.92. The Balaban J connectivity index is 2.53. The van der Waals surface area contributed by atoms with Crippen molar-refractivity contribution in [1.29, 1.82) is 0 Å². The molecule has 168 valence electrons. The van der Waals surface area contributed by atoms with Crippen LogP contribution in [0.15, 0.2) is 23.1 Å². The highest BCUT2D eigenvalue weighted by molar-refractivity contribution is 7.92. The van der Waals surface area contributed by atoms with Crippen LogP contribution >= 0.6 is 0 Å². The summed E-state index contributed by atoms with van der Waals surface area (Å²) in [5.74, 6) is 0. The van der Waals surface area contributed by atoms with E-state index in [1.807, 2.05) is 0 Å². The molecule has 0 aromatic heterocycles. The molecule has 1 saturated heterocycles. The van der Waals surface area contributed by atoms with Crippen LogP contribution in [0.25, 0.3) is 0 Å². The number of amides is 1. The first-order valence-electron chi connectivity index (χ1n) is 9.08. The van der Waals surface area contributed by atoms with Gasteiger partial charge in [0.1, 0.15) is 5.60 Å². The summed E-state index contributed by atoms with van der Waals surface area (Å²) in [4.78, 5) is 10.9. The van der Waals surface area contributed by atoms with Gasteiger partial charge in [-0.15, -0.1) is 0 Å². The van der Waals surface area contributed by atoms with Crippen LogP contribution < -0.4 is 10.8 Å². The van der Waals surface area contributed by atoms with E-state index in [4.69, 9.17) is 14.0 Å². The average Bonchev–Trinajstić information content (AvgIpc) is 2.72. The zero-order valence-corrected chi connectivity index (χ0v) is 18.6. The van der Waals surface area contributed by atoms with Crippen molar-refractivity contribution < 1.29 is 40.4 Å². The fourth-order valence-electron chi connectivity index (χ4n) is 2.56. The van der Waals surface area contributed by atoms with Gasteiger partial charge in [0.2, 0.25) is 0 Å². The van der Waals surface area contributed by atoms with Gasteiger partial charge < -0.3 is 14.0 Å². The summed E-state index contributed by atoms with van der Waals surface area (Å²) in [7, 11) is -7.11. The number of ether oxygens (including phenoxy) is 1. The molecule has 0 aliphatic carbocycles. The van der Waals surface area contributed by atoms with Gasteiger partial charge in [-0.05, 0) is 60.6 Å². The molecule has 30 heavy (non-hydrogen) atoms. The molecule has 1 N–H and O–H groups in total. The van der Waals surface area contributed by atoms with Gasteiger partial charge in [-0.2, -0.15) is 13.2 Å². The van der Waals surface area contributed by atoms with Crippen molar-refractivity contribution in [2.24, 2.45) is 0 Å². The summed E-state index contributed by atoms with van der Waals surface area (Å²) in [5, 5.41) is 2.24. The van der Waals surface area contributed by atoms with Crippen LogP contribution in [0.1, 0.15) is 48.5 Å². The van der Waals surface area contributed by atoms with Crippen molar-refractivity contribution in [3.8, 4) is 0 Å². The number of alkyl halides is 3. The lowest BCUT2D eigenvalue weighted by atomic mass is 9.79. The summed E-state index contributed by atoms with van der Waals surface area (Å²) in [6, 6.07) is 3.08. The van der Waals surface area contributed by atoms with Crippen LogP contribution in [0.5, 0.6) is 0 Å². The number of sulfone groups is 1. The molecule has 2 rings (SSSR count).